The lowest BCUT2D eigenvalue weighted by Crippen LogP contribution is -2.18. The van der Waals surface area contributed by atoms with Crippen molar-refractivity contribution in [3.63, 3.8) is 0 Å². The van der Waals surface area contributed by atoms with Gasteiger partial charge in [0.2, 0.25) is 0 Å². The molecule has 0 saturated carbocycles. The normalized spacial score (nSPS) is 10.6. The van der Waals surface area contributed by atoms with Crippen LogP contribution >= 0.6 is 15.9 Å². The zero-order valence-electron chi connectivity index (χ0n) is 8.54. The number of hydrogen-bond donors (Lipinski definition) is 1. The molecule has 4 heteroatoms. The van der Waals surface area contributed by atoms with Gasteiger partial charge < -0.3 is 9.88 Å². The first kappa shape index (κ1) is 10.2. The van der Waals surface area contributed by atoms with E-state index in [0.29, 0.717) is 5.56 Å². The second kappa shape index (κ2) is 3.70. The number of nitrogens with zero attached hydrogens (tertiary/aromatic N) is 1. The van der Waals surface area contributed by atoms with Crippen LogP contribution in [0.15, 0.2) is 28.9 Å². The van der Waals surface area contributed by atoms with Crippen LogP contribution in [0.2, 0.25) is 0 Å². The number of aromatic nitrogens is 1. The Balaban J connectivity index is 2.78. The van der Waals surface area contributed by atoms with Gasteiger partial charge in [0.25, 0.3) is 5.91 Å². The number of carbonyl (C=O) groups excluding carboxylic acids is 1. The molecule has 15 heavy (non-hydrogen) atoms. The molecule has 2 aromatic rings. The van der Waals surface area contributed by atoms with Crippen LogP contribution in [0, 0.1) is 0 Å². The highest BCUT2D eigenvalue weighted by molar-refractivity contribution is 9.10. The maximum atomic E-state index is 11.6. The molecule has 1 amide bonds. The topological polar surface area (TPSA) is 34.0 Å². The van der Waals surface area contributed by atoms with E-state index in [0.717, 1.165) is 15.4 Å². The van der Waals surface area contributed by atoms with Crippen LogP contribution in [0.3, 0.4) is 0 Å². The summed E-state index contributed by atoms with van der Waals surface area (Å²) in [6.07, 6.45) is 1.95. The third-order valence-electron chi connectivity index (χ3n) is 2.44. The number of fused-ring (bicyclic) bond motifs is 1. The van der Waals surface area contributed by atoms with E-state index in [4.69, 9.17) is 0 Å². The molecule has 1 aromatic heterocycles. The molecule has 0 fully saturated rings. The molecule has 0 radical (unpaired) electrons. The van der Waals surface area contributed by atoms with Gasteiger partial charge in [-0.2, -0.15) is 0 Å². The highest BCUT2D eigenvalue weighted by atomic mass is 79.9. The van der Waals surface area contributed by atoms with Gasteiger partial charge in [-0.15, -0.1) is 0 Å². The van der Waals surface area contributed by atoms with E-state index in [1.165, 1.54) is 0 Å². The molecular formula is C11H11BrN2O. The zero-order valence-corrected chi connectivity index (χ0v) is 10.1. The first-order valence-electron chi connectivity index (χ1n) is 4.60. The van der Waals surface area contributed by atoms with Crippen molar-refractivity contribution in [3.8, 4) is 0 Å². The van der Waals surface area contributed by atoms with Crippen LogP contribution < -0.4 is 5.32 Å². The largest absolute Gasteiger partial charge is 0.355 e. The minimum atomic E-state index is -0.0625. The van der Waals surface area contributed by atoms with Crippen LogP contribution in [0.25, 0.3) is 10.9 Å². The highest BCUT2D eigenvalue weighted by Crippen LogP contribution is 2.24. The summed E-state index contributed by atoms with van der Waals surface area (Å²) < 4.78 is 2.90. The molecule has 0 bridgehead atoms. The maximum Gasteiger partial charge on any atom is 0.251 e. The standard InChI is InChI=1S/C11H11BrN2O/c1-13-11(15)9-5-7(12)6-10-8(9)3-4-14(10)2/h3-6H,1-2H3,(H,13,15). The van der Waals surface area contributed by atoms with Crippen LogP contribution in [-0.2, 0) is 7.05 Å². The maximum absolute atomic E-state index is 11.6. The molecular weight excluding hydrogens is 256 g/mol. The third kappa shape index (κ3) is 1.65. The predicted octanol–water partition coefficient (Wildman–Crippen LogP) is 2.30. The summed E-state index contributed by atoms with van der Waals surface area (Å²) in [5.74, 6) is -0.0625. The molecule has 1 aromatic carbocycles. The molecule has 78 valence electrons. The van der Waals surface area contributed by atoms with Crippen LogP contribution in [0.5, 0.6) is 0 Å². The van der Waals surface area contributed by atoms with Gasteiger partial charge in [-0.05, 0) is 18.2 Å². The fourth-order valence-electron chi connectivity index (χ4n) is 1.66. The van der Waals surface area contributed by atoms with Crippen LogP contribution in [0.1, 0.15) is 10.4 Å². The highest BCUT2D eigenvalue weighted by Gasteiger charge is 2.11. The van der Waals surface area contributed by atoms with Crippen molar-refractivity contribution in [1.82, 2.24) is 9.88 Å². The van der Waals surface area contributed by atoms with Gasteiger partial charge in [0.15, 0.2) is 0 Å². The molecule has 0 aliphatic heterocycles. The molecule has 1 heterocycles. The van der Waals surface area contributed by atoms with Gasteiger partial charge in [0.1, 0.15) is 0 Å². The molecule has 0 atom stereocenters. The number of halogens is 1. The summed E-state index contributed by atoms with van der Waals surface area (Å²) in [7, 11) is 3.60. The molecule has 1 N–H and O–H groups in total. The minimum Gasteiger partial charge on any atom is -0.355 e. The van der Waals surface area contributed by atoms with Crippen molar-refractivity contribution in [3.05, 3.63) is 34.4 Å². The van der Waals surface area contributed by atoms with E-state index < -0.39 is 0 Å². The molecule has 3 nitrogen and oxygen atoms in total. The molecule has 0 aliphatic carbocycles. The second-order valence-corrected chi connectivity index (χ2v) is 4.31. The minimum absolute atomic E-state index is 0.0625. The summed E-state index contributed by atoms with van der Waals surface area (Å²) in [6.45, 7) is 0. The SMILES string of the molecule is CNC(=O)c1cc(Br)cc2c1ccn2C. The Labute approximate surface area is 96.2 Å². The number of carbonyl (C=O) groups is 1. The first-order valence-corrected chi connectivity index (χ1v) is 5.39. The van der Waals surface area contributed by atoms with Crippen molar-refractivity contribution in [2.24, 2.45) is 7.05 Å². The molecule has 0 aliphatic rings. The fraction of sp³-hybridized carbons (Fsp3) is 0.182. The predicted molar refractivity (Wildman–Crippen MR) is 64.0 cm³/mol. The van der Waals surface area contributed by atoms with E-state index in [1.807, 2.05) is 36.0 Å². The van der Waals surface area contributed by atoms with Gasteiger partial charge in [0.05, 0.1) is 0 Å². The summed E-state index contributed by atoms with van der Waals surface area (Å²) in [4.78, 5) is 11.6. The summed E-state index contributed by atoms with van der Waals surface area (Å²) in [5.41, 5.74) is 1.74. The van der Waals surface area contributed by atoms with Gasteiger partial charge >= 0.3 is 0 Å². The Morgan fingerprint density at radius 3 is 2.87 bits per heavy atom. The van der Waals surface area contributed by atoms with Crippen molar-refractivity contribution >= 4 is 32.7 Å². The smallest absolute Gasteiger partial charge is 0.251 e. The lowest BCUT2D eigenvalue weighted by atomic mass is 10.1. The van der Waals surface area contributed by atoms with E-state index in [1.54, 1.807) is 7.05 Å². The summed E-state index contributed by atoms with van der Waals surface area (Å²) >= 11 is 3.41. The number of benzene rings is 1. The number of rotatable bonds is 1. The van der Waals surface area contributed by atoms with Crippen molar-refractivity contribution in [2.45, 2.75) is 0 Å². The van der Waals surface area contributed by atoms with Gasteiger partial charge in [-0.3, -0.25) is 4.79 Å². The number of hydrogen-bond acceptors (Lipinski definition) is 1. The van der Waals surface area contributed by atoms with Crippen LogP contribution in [-0.4, -0.2) is 17.5 Å². The Kier molecular flexibility index (Phi) is 2.52. The monoisotopic (exact) mass is 266 g/mol. The van der Waals surface area contributed by atoms with Crippen molar-refractivity contribution < 1.29 is 4.79 Å². The summed E-state index contributed by atoms with van der Waals surface area (Å²) in [6, 6.07) is 5.79. The molecule has 0 spiro atoms. The number of nitrogens with one attached hydrogen (secondary N) is 1. The van der Waals surface area contributed by atoms with E-state index >= 15 is 0 Å². The van der Waals surface area contributed by atoms with Crippen molar-refractivity contribution in [1.29, 1.82) is 0 Å². The quantitative estimate of drug-likeness (QED) is 0.845. The molecule has 0 unspecified atom stereocenters. The molecule has 0 saturated heterocycles. The lowest BCUT2D eigenvalue weighted by Gasteiger charge is -2.04. The fourth-order valence-corrected chi connectivity index (χ4v) is 2.11. The second-order valence-electron chi connectivity index (χ2n) is 3.39. The van der Waals surface area contributed by atoms with Gasteiger partial charge in [-0.1, -0.05) is 15.9 Å². The first-order chi connectivity index (χ1) is 7.13. The molecule has 2 rings (SSSR count). The Hall–Kier alpha value is -1.29. The van der Waals surface area contributed by atoms with E-state index in [2.05, 4.69) is 21.2 Å². The van der Waals surface area contributed by atoms with E-state index in [9.17, 15) is 4.79 Å². The zero-order chi connectivity index (χ0) is 11.0. The van der Waals surface area contributed by atoms with Gasteiger partial charge in [0, 0.05) is 41.2 Å². The Bertz CT molecular complexity index is 531. The number of aryl methyl sites for hydroxylation is 1. The average Bonchev–Trinajstić information content (AvgIpc) is 2.58. The Morgan fingerprint density at radius 1 is 1.47 bits per heavy atom. The van der Waals surface area contributed by atoms with Crippen LogP contribution in [0.4, 0.5) is 0 Å². The lowest BCUT2D eigenvalue weighted by molar-refractivity contribution is 0.0964. The Morgan fingerprint density at radius 2 is 2.20 bits per heavy atom. The number of amides is 1. The van der Waals surface area contributed by atoms with Crippen molar-refractivity contribution in [2.75, 3.05) is 7.05 Å². The van der Waals surface area contributed by atoms with Gasteiger partial charge in [-0.25, -0.2) is 0 Å². The van der Waals surface area contributed by atoms with E-state index in [-0.39, 0.29) is 5.91 Å². The summed E-state index contributed by atoms with van der Waals surface area (Å²) in [5, 5.41) is 3.61. The third-order valence-corrected chi connectivity index (χ3v) is 2.90. The average molecular weight is 267 g/mol.